The second kappa shape index (κ2) is 9.06. The van der Waals surface area contributed by atoms with Crippen LogP contribution in [0.5, 0.6) is 0 Å². The minimum absolute atomic E-state index is 0.318. The van der Waals surface area contributed by atoms with Gasteiger partial charge in [0.15, 0.2) is 11.9 Å². The number of aldehydes is 1. The largest absolute Gasteiger partial charge is 0.383 e. The zero-order chi connectivity index (χ0) is 21.8. The van der Waals surface area contributed by atoms with Crippen molar-refractivity contribution in [3.63, 3.8) is 0 Å². The summed E-state index contributed by atoms with van der Waals surface area (Å²) in [5.74, 6) is 0.318. The first kappa shape index (κ1) is 20.7. The minimum Gasteiger partial charge on any atom is -0.383 e. The Morgan fingerprint density at radius 2 is 1.90 bits per heavy atom. The first-order chi connectivity index (χ1) is 15.1. The normalized spacial score (nSPS) is 11.3. The topological polar surface area (TPSA) is 89.4 Å². The second-order valence-corrected chi connectivity index (χ2v) is 7.57. The molecular formula is C24H26N6O. The summed E-state index contributed by atoms with van der Waals surface area (Å²) in [7, 11) is 2.08. The van der Waals surface area contributed by atoms with Crippen molar-refractivity contribution in [2.45, 2.75) is 19.8 Å². The van der Waals surface area contributed by atoms with Gasteiger partial charge in [-0.1, -0.05) is 43.3 Å². The van der Waals surface area contributed by atoms with Crippen LogP contribution in [0.25, 0.3) is 28.0 Å². The number of pyridine rings is 1. The number of carbonyl (C=O) groups excluding carboxylic acids is 1. The van der Waals surface area contributed by atoms with Gasteiger partial charge in [-0.3, -0.25) is 9.78 Å². The van der Waals surface area contributed by atoms with Crippen LogP contribution >= 0.6 is 0 Å². The molecule has 0 aliphatic carbocycles. The van der Waals surface area contributed by atoms with Crippen LogP contribution in [0.1, 0.15) is 29.4 Å². The molecule has 0 saturated carbocycles. The molecule has 158 valence electrons. The smallest absolute Gasteiger partial charge is 0.165 e. The van der Waals surface area contributed by atoms with Gasteiger partial charge in [0, 0.05) is 22.9 Å². The molecule has 0 fully saturated rings. The number of rotatable bonds is 8. The summed E-state index contributed by atoms with van der Waals surface area (Å²) >= 11 is 0. The van der Waals surface area contributed by atoms with E-state index in [0.717, 1.165) is 48.2 Å². The summed E-state index contributed by atoms with van der Waals surface area (Å²) < 4.78 is 1.53. The maximum Gasteiger partial charge on any atom is 0.165 e. The lowest BCUT2D eigenvalue weighted by Gasteiger charge is -2.14. The molecule has 0 amide bonds. The van der Waals surface area contributed by atoms with Crippen molar-refractivity contribution in [2.75, 3.05) is 25.9 Å². The highest BCUT2D eigenvalue weighted by Gasteiger charge is 2.17. The van der Waals surface area contributed by atoms with Gasteiger partial charge in [0.05, 0.1) is 23.1 Å². The molecule has 0 saturated heterocycles. The Labute approximate surface area is 181 Å². The summed E-state index contributed by atoms with van der Waals surface area (Å²) in [6, 6.07) is 14.0. The summed E-state index contributed by atoms with van der Waals surface area (Å²) in [6.07, 6.45) is 5.89. The number of benzene rings is 1. The lowest BCUT2D eigenvalue weighted by Crippen LogP contribution is -2.19. The van der Waals surface area contributed by atoms with Gasteiger partial charge >= 0.3 is 0 Å². The number of fused-ring (bicyclic) bond motifs is 1. The molecular weight excluding hydrogens is 388 g/mol. The molecule has 7 nitrogen and oxygen atoms in total. The summed E-state index contributed by atoms with van der Waals surface area (Å²) in [4.78, 5) is 23.3. The van der Waals surface area contributed by atoms with E-state index in [9.17, 15) is 4.79 Å². The third kappa shape index (κ3) is 4.18. The molecule has 0 aliphatic rings. The van der Waals surface area contributed by atoms with E-state index in [4.69, 9.17) is 10.7 Å². The summed E-state index contributed by atoms with van der Waals surface area (Å²) in [5.41, 5.74) is 11.7. The highest BCUT2D eigenvalue weighted by Crippen LogP contribution is 2.28. The molecule has 3 heterocycles. The van der Waals surface area contributed by atoms with Gasteiger partial charge in [0.25, 0.3) is 0 Å². The van der Waals surface area contributed by atoms with Crippen LogP contribution in [0.3, 0.4) is 0 Å². The molecule has 4 rings (SSSR count). The number of hydrogen-bond donors (Lipinski definition) is 1. The highest BCUT2D eigenvalue weighted by atomic mass is 16.1. The third-order valence-corrected chi connectivity index (χ3v) is 5.55. The minimum atomic E-state index is 0.318. The fourth-order valence-electron chi connectivity index (χ4n) is 3.61. The number of nitrogens with zero attached hydrogens (tertiary/aromatic N) is 5. The fraction of sp³-hybridized carbons (Fsp3) is 0.250. The number of carbonyl (C=O) groups is 1. The molecule has 0 aliphatic heterocycles. The zero-order valence-corrected chi connectivity index (χ0v) is 17.8. The standard InChI is InChI=1S/C24H26N6O/c1-3-29(2)13-7-10-22-20(16-31)23(25)30-24(28-22)19(15-27-30)18-11-12-21(26-14-18)17-8-5-4-6-9-17/h4-6,8-9,11-12,14-16H,3,7,10,13,25H2,1-2H3. The van der Waals surface area contributed by atoms with Gasteiger partial charge in [-0.05, 0) is 39.0 Å². The fourth-order valence-corrected chi connectivity index (χ4v) is 3.61. The van der Waals surface area contributed by atoms with Crippen LogP contribution in [-0.4, -0.2) is 50.9 Å². The van der Waals surface area contributed by atoms with Crippen LogP contribution < -0.4 is 5.73 Å². The molecule has 0 unspecified atom stereocenters. The molecule has 3 aromatic heterocycles. The van der Waals surface area contributed by atoms with Crippen molar-refractivity contribution in [2.24, 2.45) is 0 Å². The van der Waals surface area contributed by atoms with Crippen molar-refractivity contribution in [1.82, 2.24) is 24.5 Å². The van der Waals surface area contributed by atoms with Gasteiger partial charge in [0.2, 0.25) is 0 Å². The number of hydrogen-bond acceptors (Lipinski definition) is 6. The average molecular weight is 415 g/mol. The van der Waals surface area contributed by atoms with Crippen molar-refractivity contribution >= 4 is 17.8 Å². The molecule has 0 spiro atoms. The van der Waals surface area contributed by atoms with E-state index >= 15 is 0 Å². The van der Waals surface area contributed by atoms with Gasteiger partial charge in [-0.2, -0.15) is 9.61 Å². The van der Waals surface area contributed by atoms with Crippen molar-refractivity contribution in [3.05, 3.63) is 66.1 Å². The Morgan fingerprint density at radius 1 is 1.10 bits per heavy atom. The van der Waals surface area contributed by atoms with E-state index in [1.807, 2.05) is 48.7 Å². The van der Waals surface area contributed by atoms with Crippen LogP contribution in [0.15, 0.2) is 54.9 Å². The summed E-state index contributed by atoms with van der Waals surface area (Å²) in [5, 5.41) is 4.38. The van der Waals surface area contributed by atoms with Crippen molar-refractivity contribution in [3.8, 4) is 22.4 Å². The molecule has 0 atom stereocenters. The number of anilines is 1. The number of nitrogens with two attached hydrogens (primary N) is 1. The molecule has 1 aromatic carbocycles. The first-order valence-electron chi connectivity index (χ1n) is 10.4. The van der Waals surface area contributed by atoms with Crippen LogP contribution in [0.2, 0.25) is 0 Å². The van der Waals surface area contributed by atoms with Crippen molar-refractivity contribution < 1.29 is 4.79 Å². The lowest BCUT2D eigenvalue weighted by molar-refractivity contribution is 0.112. The van der Waals surface area contributed by atoms with E-state index < -0.39 is 0 Å². The van der Waals surface area contributed by atoms with Crippen LogP contribution in [0, 0.1) is 0 Å². The van der Waals surface area contributed by atoms with Crippen molar-refractivity contribution in [1.29, 1.82) is 0 Å². The Balaban J connectivity index is 1.69. The SMILES string of the molecule is CCN(C)CCCc1nc2c(-c3ccc(-c4ccccc4)nc3)cnn2c(N)c1C=O. The number of aromatic nitrogens is 4. The number of nitrogen functional groups attached to an aromatic ring is 1. The quantitative estimate of drug-likeness (QED) is 0.442. The van der Waals surface area contributed by atoms with Gasteiger partial charge in [-0.25, -0.2) is 4.98 Å². The third-order valence-electron chi connectivity index (χ3n) is 5.55. The Bertz CT molecular complexity index is 1180. The molecule has 7 heteroatoms. The van der Waals surface area contributed by atoms with E-state index in [1.54, 1.807) is 6.20 Å². The average Bonchev–Trinajstić information content (AvgIpc) is 3.24. The van der Waals surface area contributed by atoms with Gasteiger partial charge < -0.3 is 10.6 Å². The predicted molar refractivity (Wildman–Crippen MR) is 123 cm³/mol. The molecule has 0 bridgehead atoms. The zero-order valence-electron chi connectivity index (χ0n) is 17.8. The Morgan fingerprint density at radius 3 is 2.58 bits per heavy atom. The van der Waals surface area contributed by atoms with Crippen LogP contribution in [0.4, 0.5) is 5.82 Å². The monoisotopic (exact) mass is 414 g/mol. The van der Waals surface area contributed by atoms with Gasteiger partial charge in [-0.15, -0.1) is 0 Å². The van der Waals surface area contributed by atoms with Crippen LogP contribution in [-0.2, 0) is 6.42 Å². The maximum absolute atomic E-state index is 11.7. The predicted octanol–water partition coefficient (Wildman–Crippen LogP) is 3.74. The molecule has 4 aromatic rings. The van der Waals surface area contributed by atoms with E-state index in [2.05, 4.69) is 29.0 Å². The van der Waals surface area contributed by atoms with E-state index in [1.165, 1.54) is 4.52 Å². The van der Waals surface area contributed by atoms with Gasteiger partial charge in [0.1, 0.15) is 5.82 Å². The highest BCUT2D eigenvalue weighted by molar-refractivity contribution is 5.87. The Kier molecular flexibility index (Phi) is 6.04. The lowest BCUT2D eigenvalue weighted by atomic mass is 10.1. The van der Waals surface area contributed by atoms with E-state index in [0.29, 0.717) is 29.1 Å². The first-order valence-corrected chi connectivity index (χ1v) is 10.4. The number of aryl methyl sites for hydroxylation is 1. The molecule has 2 N–H and O–H groups in total. The molecule has 0 radical (unpaired) electrons. The second-order valence-electron chi connectivity index (χ2n) is 7.57. The van der Waals surface area contributed by atoms with E-state index in [-0.39, 0.29) is 0 Å². The maximum atomic E-state index is 11.7. The Hall–Kier alpha value is -3.58. The summed E-state index contributed by atoms with van der Waals surface area (Å²) in [6.45, 7) is 4.03. The molecule has 31 heavy (non-hydrogen) atoms.